The first-order valence-electron chi connectivity index (χ1n) is 7.66. The molecular formula is C16H16FN5O2. The second kappa shape index (κ2) is 5.79. The fourth-order valence-electron chi connectivity index (χ4n) is 3.15. The van der Waals surface area contributed by atoms with Gasteiger partial charge in [-0.25, -0.2) is 14.4 Å². The maximum atomic E-state index is 14.0. The van der Waals surface area contributed by atoms with Crippen LogP contribution in [0.3, 0.4) is 0 Å². The van der Waals surface area contributed by atoms with Gasteiger partial charge in [-0.1, -0.05) is 11.2 Å². The number of benzene rings is 1. The SMILES string of the molecule is COC1CC(c2nc(C)no2)N(c2ncnc3c(F)cccc23)C1. The molecule has 0 amide bonds. The van der Waals surface area contributed by atoms with Gasteiger partial charge in [0.15, 0.2) is 5.82 Å². The molecule has 1 aromatic carbocycles. The molecular weight excluding hydrogens is 313 g/mol. The van der Waals surface area contributed by atoms with Gasteiger partial charge in [-0.2, -0.15) is 4.98 Å². The van der Waals surface area contributed by atoms with Crippen LogP contribution in [0.2, 0.25) is 0 Å². The van der Waals surface area contributed by atoms with Crippen molar-refractivity contribution in [3.05, 3.63) is 42.1 Å². The van der Waals surface area contributed by atoms with E-state index < -0.39 is 0 Å². The largest absolute Gasteiger partial charge is 0.380 e. The van der Waals surface area contributed by atoms with Crippen molar-refractivity contribution < 1.29 is 13.7 Å². The average molecular weight is 329 g/mol. The van der Waals surface area contributed by atoms with Crippen LogP contribution in [0, 0.1) is 12.7 Å². The van der Waals surface area contributed by atoms with Crippen LogP contribution in [0.1, 0.15) is 24.2 Å². The molecule has 3 heterocycles. The Labute approximate surface area is 137 Å². The zero-order valence-electron chi connectivity index (χ0n) is 13.3. The Balaban J connectivity index is 1.83. The number of para-hydroxylation sites is 1. The van der Waals surface area contributed by atoms with Gasteiger partial charge >= 0.3 is 0 Å². The summed E-state index contributed by atoms with van der Waals surface area (Å²) < 4.78 is 24.9. The highest BCUT2D eigenvalue weighted by atomic mass is 19.1. The van der Waals surface area contributed by atoms with Gasteiger partial charge in [0.2, 0.25) is 5.89 Å². The van der Waals surface area contributed by atoms with Crippen LogP contribution in [-0.4, -0.2) is 39.9 Å². The van der Waals surface area contributed by atoms with Crippen molar-refractivity contribution in [3.63, 3.8) is 0 Å². The van der Waals surface area contributed by atoms with Crippen LogP contribution in [0.5, 0.6) is 0 Å². The van der Waals surface area contributed by atoms with E-state index in [1.54, 1.807) is 20.1 Å². The van der Waals surface area contributed by atoms with E-state index in [4.69, 9.17) is 9.26 Å². The lowest BCUT2D eigenvalue weighted by Crippen LogP contribution is -2.26. The maximum Gasteiger partial charge on any atom is 0.249 e. The standard InChI is InChI=1S/C16H16FN5O2/c1-9-20-16(24-21-9)13-6-10(23-2)7-22(13)15-11-4-3-5-12(17)14(11)18-8-19-15/h3-5,8,10,13H,6-7H2,1-2H3. The Bertz CT molecular complexity index is 884. The molecule has 0 saturated carbocycles. The molecule has 1 aliphatic heterocycles. The molecule has 0 spiro atoms. The van der Waals surface area contributed by atoms with Crippen LogP contribution in [0.4, 0.5) is 10.2 Å². The first-order chi connectivity index (χ1) is 11.7. The third-order valence-corrected chi connectivity index (χ3v) is 4.29. The van der Waals surface area contributed by atoms with Gasteiger partial charge in [0, 0.05) is 25.5 Å². The predicted molar refractivity (Wildman–Crippen MR) is 84.0 cm³/mol. The molecule has 1 fully saturated rings. The molecule has 8 heteroatoms. The summed E-state index contributed by atoms with van der Waals surface area (Å²) in [6.45, 7) is 2.38. The first kappa shape index (κ1) is 14.9. The van der Waals surface area contributed by atoms with Gasteiger partial charge in [-0.15, -0.1) is 0 Å². The Hall–Kier alpha value is -2.61. The molecule has 2 atom stereocenters. The van der Waals surface area contributed by atoms with Crippen LogP contribution >= 0.6 is 0 Å². The fourth-order valence-corrected chi connectivity index (χ4v) is 3.15. The summed E-state index contributed by atoms with van der Waals surface area (Å²) in [4.78, 5) is 14.8. The third-order valence-electron chi connectivity index (χ3n) is 4.29. The Kier molecular flexibility index (Phi) is 3.61. The number of fused-ring (bicyclic) bond motifs is 1. The number of aromatic nitrogens is 4. The van der Waals surface area contributed by atoms with E-state index in [9.17, 15) is 4.39 Å². The number of hydrogen-bond acceptors (Lipinski definition) is 7. The summed E-state index contributed by atoms with van der Waals surface area (Å²) in [6, 6.07) is 4.68. The molecule has 7 nitrogen and oxygen atoms in total. The zero-order chi connectivity index (χ0) is 16.7. The number of methoxy groups -OCH3 is 1. The van der Waals surface area contributed by atoms with Crippen molar-refractivity contribution in [3.8, 4) is 0 Å². The molecule has 0 aliphatic carbocycles. The van der Waals surface area contributed by atoms with E-state index in [1.807, 2.05) is 11.0 Å². The lowest BCUT2D eigenvalue weighted by molar-refractivity contribution is 0.117. The minimum Gasteiger partial charge on any atom is -0.380 e. The maximum absolute atomic E-state index is 14.0. The molecule has 2 aromatic heterocycles. The van der Waals surface area contributed by atoms with E-state index >= 15 is 0 Å². The number of anilines is 1. The molecule has 0 bridgehead atoms. The highest BCUT2D eigenvalue weighted by Gasteiger charge is 2.38. The average Bonchev–Trinajstić information content (AvgIpc) is 3.20. The van der Waals surface area contributed by atoms with Crippen molar-refractivity contribution in [2.24, 2.45) is 0 Å². The molecule has 2 unspecified atom stereocenters. The first-order valence-corrected chi connectivity index (χ1v) is 7.66. The lowest BCUT2D eigenvalue weighted by atomic mass is 10.2. The van der Waals surface area contributed by atoms with E-state index in [0.717, 1.165) is 0 Å². The molecule has 24 heavy (non-hydrogen) atoms. The molecule has 0 radical (unpaired) electrons. The number of ether oxygens (including phenoxy) is 1. The van der Waals surface area contributed by atoms with Crippen molar-refractivity contribution >= 4 is 16.7 Å². The second-order valence-corrected chi connectivity index (χ2v) is 5.77. The number of hydrogen-bond donors (Lipinski definition) is 0. The van der Waals surface area contributed by atoms with Gasteiger partial charge in [0.25, 0.3) is 0 Å². The Morgan fingerprint density at radius 2 is 2.21 bits per heavy atom. The summed E-state index contributed by atoms with van der Waals surface area (Å²) in [6.07, 6.45) is 2.07. The third kappa shape index (κ3) is 2.39. The van der Waals surface area contributed by atoms with Crippen LogP contribution in [0.15, 0.2) is 29.0 Å². The van der Waals surface area contributed by atoms with E-state index in [-0.39, 0.29) is 18.0 Å². The molecule has 0 N–H and O–H groups in total. The van der Waals surface area contributed by atoms with E-state index in [1.165, 1.54) is 12.4 Å². The van der Waals surface area contributed by atoms with Gasteiger partial charge in [0.1, 0.15) is 29.5 Å². The number of nitrogens with zero attached hydrogens (tertiary/aromatic N) is 5. The minimum atomic E-state index is -0.371. The summed E-state index contributed by atoms with van der Waals surface area (Å²) in [5, 5.41) is 4.52. The summed E-state index contributed by atoms with van der Waals surface area (Å²) in [7, 11) is 1.67. The van der Waals surface area contributed by atoms with Gasteiger partial charge in [-0.05, 0) is 19.1 Å². The fraction of sp³-hybridized carbons (Fsp3) is 0.375. The normalized spacial score (nSPS) is 20.9. The molecule has 1 aliphatic rings. The predicted octanol–water partition coefficient (Wildman–Crippen LogP) is 2.43. The van der Waals surface area contributed by atoms with Crippen molar-refractivity contribution in [2.75, 3.05) is 18.6 Å². The van der Waals surface area contributed by atoms with Gasteiger partial charge in [0.05, 0.1) is 6.10 Å². The highest BCUT2D eigenvalue weighted by molar-refractivity contribution is 5.89. The summed E-state index contributed by atoms with van der Waals surface area (Å²) >= 11 is 0. The van der Waals surface area contributed by atoms with Crippen molar-refractivity contribution in [2.45, 2.75) is 25.5 Å². The van der Waals surface area contributed by atoms with E-state index in [2.05, 4.69) is 20.1 Å². The number of aryl methyl sites for hydroxylation is 1. The molecule has 4 rings (SSSR count). The molecule has 3 aromatic rings. The molecule has 1 saturated heterocycles. The summed E-state index contributed by atoms with van der Waals surface area (Å²) in [5.41, 5.74) is 0.295. The van der Waals surface area contributed by atoms with Gasteiger partial charge < -0.3 is 14.2 Å². The van der Waals surface area contributed by atoms with Crippen LogP contribution in [-0.2, 0) is 4.74 Å². The quantitative estimate of drug-likeness (QED) is 0.730. The van der Waals surface area contributed by atoms with Crippen LogP contribution < -0.4 is 4.90 Å². The number of rotatable bonds is 3. The zero-order valence-corrected chi connectivity index (χ0v) is 13.3. The van der Waals surface area contributed by atoms with E-state index in [0.29, 0.717) is 41.4 Å². The smallest absolute Gasteiger partial charge is 0.249 e. The monoisotopic (exact) mass is 329 g/mol. The minimum absolute atomic E-state index is 0.000723. The second-order valence-electron chi connectivity index (χ2n) is 5.77. The number of halogens is 1. The topological polar surface area (TPSA) is 77.2 Å². The van der Waals surface area contributed by atoms with Crippen molar-refractivity contribution in [1.82, 2.24) is 20.1 Å². The Morgan fingerprint density at radius 1 is 1.33 bits per heavy atom. The summed E-state index contributed by atoms with van der Waals surface area (Å²) in [5.74, 6) is 1.35. The van der Waals surface area contributed by atoms with Crippen LogP contribution in [0.25, 0.3) is 10.9 Å². The Morgan fingerprint density at radius 3 is 2.96 bits per heavy atom. The molecule has 124 valence electrons. The van der Waals surface area contributed by atoms with Crippen molar-refractivity contribution in [1.29, 1.82) is 0 Å². The highest BCUT2D eigenvalue weighted by Crippen LogP contribution is 2.38. The van der Waals surface area contributed by atoms with Gasteiger partial charge in [-0.3, -0.25) is 0 Å². The lowest BCUT2D eigenvalue weighted by Gasteiger charge is -2.23.